The Hall–Kier alpha value is -5.75. The predicted molar refractivity (Wildman–Crippen MR) is 208 cm³/mol. The molecule has 5 aromatic carbocycles. The van der Waals surface area contributed by atoms with Crippen molar-refractivity contribution in [2.75, 3.05) is 31.1 Å². The average Bonchev–Trinajstić information content (AvgIpc) is 3.33. The van der Waals surface area contributed by atoms with Gasteiger partial charge in [0.25, 0.3) is 15.9 Å². The number of nitrogens with zero attached hydrogens (tertiary/aromatic N) is 3. The molecular weight excluding hydrogens is 724 g/mol. The summed E-state index contributed by atoms with van der Waals surface area (Å²) in [5.74, 6) is -0.258. The van der Waals surface area contributed by atoms with Gasteiger partial charge in [0.05, 0.1) is 16.1 Å². The summed E-state index contributed by atoms with van der Waals surface area (Å²) in [7, 11) is -4.30. The van der Waals surface area contributed by atoms with Crippen LogP contribution < -0.4 is 14.4 Å². The molecule has 1 aliphatic carbocycles. The van der Waals surface area contributed by atoms with Crippen molar-refractivity contribution < 1.29 is 28.2 Å². The number of benzene rings is 5. The van der Waals surface area contributed by atoms with Crippen molar-refractivity contribution >= 4 is 33.2 Å². The van der Waals surface area contributed by atoms with Crippen LogP contribution in [0.15, 0.2) is 126 Å². The molecule has 2 aliphatic rings. The minimum atomic E-state index is -4.30. The quantitative estimate of drug-likeness (QED) is 0.131. The first-order valence-corrected chi connectivity index (χ1v) is 19.5. The van der Waals surface area contributed by atoms with E-state index < -0.39 is 15.9 Å². The lowest BCUT2D eigenvalue weighted by atomic mass is 9.93. The summed E-state index contributed by atoms with van der Waals surface area (Å²) in [6.45, 7) is 3.91. The molecule has 1 fully saturated rings. The molecule has 1 aromatic heterocycles. The molecule has 3 N–H and O–H groups in total. The zero-order chi connectivity index (χ0) is 37.4. The number of sulfonamides is 1. The van der Waals surface area contributed by atoms with Gasteiger partial charge in [-0.05, 0) is 90.2 Å². The zero-order valence-corrected chi connectivity index (χ0v) is 30.7. The summed E-state index contributed by atoms with van der Waals surface area (Å²) in [4.78, 5) is 18.1. The average molecular weight is 761 g/mol. The zero-order valence-electron chi connectivity index (χ0n) is 29.2. The van der Waals surface area contributed by atoms with Crippen LogP contribution in [-0.4, -0.2) is 60.2 Å². The second-order valence-electron chi connectivity index (χ2n) is 13.4. The number of carbonyl (C=O) groups excluding carboxylic acids is 1. The number of aromatic nitrogens is 1. The molecule has 1 aliphatic heterocycles. The van der Waals surface area contributed by atoms with Crippen LogP contribution in [0.25, 0.3) is 16.8 Å². The number of anilines is 1. The van der Waals surface area contributed by atoms with Crippen LogP contribution in [0.1, 0.15) is 27.0 Å². The maximum atomic E-state index is 13.7. The lowest BCUT2D eigenvalue weighted by Gasteiger charge is -2.36. The first-order chi connectivity index (χ1) is 26.1. The van der Waals surface area contributed by atoms with E-state index in [2.05, 4.69) is 32.7 Å². The van der Waals surface area contributed by atoms with Gasteiger partial charge in [-0.25, -0.2) is 13.1 Å². The van der Waals surface area contributed by atoms with Crippen LogP contribution in [0.4, 0.5) is 5.69 Å². The number of fused-ring (bicyclic) bond motifs is 1. The smallest absolute Gasteiger partial charge is 0.268 e. The van der Waals surface area contributed by atoms with Gasteiger partial charge in [0, 0.05) is 60.6 Å². The van der Waals surface area contributed by atoms with Crippen molar-refractivity contribution in [2.24, 2.45) is 0 Å². The number of nitrogens with one attached hydrogen (secondary N) is 1. The first-order valence-electron chi connectivity index (χ1n) is 17.6. The first kappa shape index (κ1) is 35.3. The number of piperazine rings is 1. The Balaban J connectivity index is 0.981. The summed E-state index contributed by atoms with van der Waals surface area (Å²) in [6, 6.07) is 36.1. The minimum Gasteiger partial charge on any atom is -0.494 e. The normalized spacial score (nSPS) is 14.3. The molecule has 10 nitrogen and oxygen atoms in total. The van der Waals surface area contributed by atoms with E-state index in [1.54, 1.807) is 24.3 Å². The number of hydrogen-bond donors (Lipinski definition) is 3. The third kappa shape index (κ3) is 7.01. The van der Waals surface area contributed by atoms with Crippen molar-refractivity contribution in [2.45, 2.75) is 24.3 Å². The van der Waals surface area contributed by atoms with Crippen molar-refractivity contribution in [3.63, 3.8) is 0 Å². The standard InChI is InChI=1S/C42H37ClN4O6S/c43-30-12-10-28(11-13-30)35-9-5-4-6-29(35)27-45-22-24-46(25-23-45)32-16-19-38(39(26-32)53-33-7-2-1-3-8-33)40(48)44-54(51,52)34-17-14-31(15-18-34)47-41(49)36-20-21-37(36)42(47)50/h1-19,26,49-50H,20-25,27H2,(H,44,48). The van der Waals surface area contributed by atoms with E-state index in [1.807, 2.05) is 54.6 Å². The number of hydrogen-bond acceptors (Lipinski definition) is 8. The van der Waals surface area contributed by atoms with Gasteiger partial charge in [0.1, 0.15) is 11.5 Å². The lowest BCUT2D eigenvalue weighted by molar-refractivity contribution is 0.0979. The van der Waals surface area contributed by atoms with Gasteiger partial charge in [-0.3, -0.25) is 14.3 Å². The number of rotatable bonds is 10. The van der Waals surface area contributed by atoms with Crippen LogP contribution in [0.2, 0.25) is 5.02 Å². The molecule has 12 heteroatoms. The second kappa shape index (κ2) is 14.6. The van der Waals surface area contributed by atoms with E-state index in [1.165, 1.54) is 40.0 Å². The predicted octanol–water partition coefficient (Wildman–Crippen LogP) is 7.54. The maximum Gasteiger partial charge on any atom is 0.268 e. The Morgan fingerprint density at radius 2 is 1.37 bits per heavy atom. The highest BCUT2D eigenvalue weighted by Crippen LogP contribution is 2.43. The number of aromatic hydroxyl groups is 2. The third-order valence-electron chi connectivity index (χ3n) is 10.1. The van der Waals surface area contributed by atoms with Gasteiger partial charge < -0.3 is 19.8 Å². The number of carbonyl (C=O) groups is 1. The molecule has 6 aromatic rings. The molecular formula is C42H37ClN4O6S. The van der Waals surface area contributed by atoms with Gasteiger partial charge in [0.2, 0.25) is 11.8 Å². The molecule has 1 amide bonds. The summed E-state index contributed by atoms with van der Waals surface area (Å²) in [6.07, 6.45) is 1.32. The number of halogens is 1. The van der Waals surface area contributed by atoms with Gasteiger partial charge in [0.15, 0.2) is 0 Å². The van der Waals surface area contributed by atoms with E-state index in [0.717, 1.165) is 44.0 Å². The topological polar surface area (TPSA) is 124 Å². The fourth-order valence-electron chi connectivity index (χ4n) is 7.06. The largest absolute Gasteiger partial charge is 0.494 e. The van der Waals surface area contributed by atoms with Gasteiger partial charge in [-0.1, -0.05) is 66.2 Å². The van der Waals surface area contributed by atoms with Crippen molar-refractivity contribution in [3.8, 4) is 40.1 Å². The molecule has 54 heavy (non-hydrogen) atoms. The third-order valence-corrected chi connectivity index (χ3v) is 11.7. The van der Waals surface area contributed by atoms with Crippen LogP contribution in [-0.2, 0) is 29.4 Å². The van der Waals surface area contributed by atoms with E-state index in [-0.39, 0.29) is 28.0 Å². The highest BCUT2D eigenvalue weighted by Gasteiger charge is 2.30. The number of para-hydroxylation sites is 1. The highest BCUT2D eigenvalue weighted by molar-refractivity contribution is 7.90. The molecule has 8 rings (SSSR count). The van der Waals surface area contributed by atoms with Gasteiger partial charge in [-0.2, -0.15) is 0 Å². The summed E-state index contributed by atoms with van der Waals surface area (Å²) in [5, 5.41) is 21.8. The number of ether oxygens (including phenoxy) is 1. The summed E-state index contributed by atoms with van der Waals surface area (Å²) < 4.78 is 36.5. The SMILES string of the molecule is O=C(NS(=O)(=O)c1ccc(-n2c(O)c3c(c2O)CC3)cc1)c1ccc(N2CCN(Cc3ccccc3-c3ccc(Cl)cc3)CC2)cc1Oc1ccccc1. The summed E-state index contributed by atoms with van der Waals surface area (Å²) in [5.41, 5.74) is 6.21. The second-order valence-corrected chi connectivity index (χ2v) is 15.5. The van der Waals surface area contributed by atoms with Gasteiger partial charge >= 0.3 is 0 Å². The van der Waals surface area contributed by atoms with E-state index in [9.17, 15) is 23.4 Å². The fourth-order valence-corrected chi connectivity index (χ4v) is 8.16. The molecule has 0 atom stereocenters. The Labute approximate surface area is 318 Å². The van der Waals surface area contributed by atoms with Crippen molar-refractivity contribution in [3.05, 3.63) is 149 Å². The fraction of sp³-hybridized carbons (Fsp3) is 0.167. The molecule has 0 unspecified atom stereocenters. The Morgan fingerprint density at radius 1 is 0.741 bits per heavy atom. The van der Waals surface area contributed by atoms with E-state index in [4.69, 9.17) is 16.3 Å². The molecule has 0 spiro atoms. The Morgan fingerprint density at radius 3 is 2.04 bits per heavy atom. The molecule has 0 bridgehead atoms. The van der Waals surface area contributed by atoms with E-state index >= 15 is 0 Å². The van der Waals surface area contributed by atoms with Crippen LogP contribution >= 0.6 is 11.6 Å². The molecule has 0 saturated carbocycles. The van der Waals surface area contributed by atoms with Crippen molar-refractivity contribution in [1.82, 2.24) is 14.2 Å². The lowest BCUT2D eigenvalue weighted by Crippen LogP contribution is -2.46. The number of amides is 1. The maximum absolute atomic E-state index is 13.7. The van der Waals surface area contributed by atoms with Crippen molar-refractivity contribution in [1.29, 1.82) is 0 Å². The molecule has 274 valence electrons. The van der Waals surface area contributed by atoms with Crippen LogP contribution in [0.5, 0.6) is 23.3 Å². The monoisotopic (exact) mass is 760 g/mol. The Bertz CT molecular complexity index is 2420. The van der Waals surface area contributed by atoms with Crippen LogP contribution in [0.3, 0.4) is 0 Å². The molecule has 0 radical (unpaired) electrons. The van der Waals surface area contributed by atoms with E-state index in [0.29, 0.717) is 40.4 Å². The molecule has 2 heterocycles. The van der Waals surface area contributed by atoms with Gasteiger partial charge in [-0.15, -0.1) is 0 Å². The molecule has 1 saturated heterocycles. The summed E-state index contributed by atoms with van der Waals surface area (Å²) >= 11 is 6.14. The van der Waals surface area contributed by atoms with Crippen LogP contribution in [0, 0.1) is 0 Å². The highest BCUT2D eigenvalue weighted by atomic mass is 35.5. The minimum absolute atomic E-state index is 0.0564. The Kier molecular flexibility index (Phi) is 9.53.